The Balaban J connectivity index is 1.57. The van der Waals surface area contributed by atoms with E-state index in [-0.39, 0.29) is 29.0 Å². The van der Waals surface area contributed by atoms with E-state index >= 15 is 0 Å². The molecule has 0 saturated carbocycles. The van der Waals surface area contributed by atoms with Crippen molar-refractivity contribution in [1.29, 1.82) is 0 Å². The smallest absolute Gasteiger partial charge is 0.344 e. The lowest BCUT2D eigenvalue weighted by Crippen LogP contribution is -2.20. The number of esters is 1. The Morgan fingerprint density at radius 1 is 1.17 bits per heavy atom. The van der Waals surface area contributed by atoms with Crippen LogP contribution in [-0.4, -0.2) is 36.5 Å². The number of aryl methyl sites for hydroxylation is 1. The molecule has 8 nitrogen and oxygen atoms in total. The summed E-state index contributed by atoms with van der Waals surface area (Å²) in [4.78, 5) is 40.6. The van der Waals surface area contributed by atoms with E-state index in [0.717, 1.165) is 17.3 Å². The van der Waals surface area contributed by atoms with E-state index in [2.05, 4.69) is 10.3 Å². The Morgan fingerprint density at radius 3 is 2.77 bits per heavy atom. The second-order valence-corrected chi connectivity index (χ2v) is 7.59. The molecule has 0 unspecified atom stereocenters. The lowest BCUT2D eigenvalue weighted by atomic mass is 10.1. The van der Waals surface area contributed by atoms with Gasteiger partial charge in [0.2, 0.25) is 18.1 Å². The number of hydrogen-bond donors (Lipinski definition) is 2. The zero-order valence-electron chi connectivity index (χ0n) is 16.2. The summed E-state index contributed by atoms with van der Waals surface area (Å²) in [6.45, 7) is 2.01. The van der Waals surface area contributed by atoms with Crippen LogP contribution in [0.4, 0.5) is 5.69 Å². The van der Waals surface area contributed by atoms with E-state index < -0.39 is 11.4 Å². The monoisotopic (exact) mass is 426 g/mol. The first-order chi connectivity index (χ1) is 14.5. The number of fused-ring (bicyclic) bond motifs is 2. The van der Waals surface area contributed by atoms with Gasteiger partial charge in [0.1, 0.15) is 5.56 Å². The highest BCUT2D eigenvalue weighted by atomic mass is 32.2. The second kappa shape index (κ2) is 8.11. The second-order valence-electron chi connectivity index (χ2n) is 6.60. The first-order valence-corrected chi connectivity index (χ1v) is 10.0. The average Bonchev–Trinajstić information content (AvgIpc) is 3.20. The van der Waals surface area contributed by atoms with Crippen molar-refractivity contribution in [1.82, 2.24) is 4.98 Å². The predicted octanol–water partition coefficient (Wildman–Crippen LogP) is 3.08. The number of carbonyl (C=O) groups excluding carboxylic acids is 2. The van der Waals surface area contributed by atoms with Crippen LogP contribution in [0.3, 0.4) is 0 Å². The molecule has 30 heavy (non-hydrogen) atoms. The van der Waals surface area contributed by atoms with Gasteiger partial charge in [-0.05, 0) is 31.2 Å². The molecule has 0 radical (unpaired) electrons. The van der Waals surface area contributed by atoms with Crippen LogP contribution in [0.25, 0.3) is 10.9 Å². The normalized spacial score (nSPS) is 12.1. The highest BCUT2D eigenvalue weighted by Crippen LogP contribution is 2.34. The number of amides is 1. The maximum Gasteiger partial charge on any atom is 0.344 e. The minimum Gasteiger partial charge on any atom is -0.465 e. The first kappa shape index (κ1) is 19.8. The molecular formula is C21H18N2O6S. The van der Waals surface area contributed by atoms with Crippen LogP contribution < -0.4 is 20.2 Å². The molecule has 0 spiro atoms. The average molecular weight is 426 g/mol. The van der Waals surface area contributed by atoms with Gasteiger partial charge in [-0.15, -0.1) is 0 Å². The Hall–Kier alpha value is -3.46. The van der Waals surface area contributed by atoms with Crippen LogP contribution in [0, 0.1) is 6.92 Å². The third kappa shape index (κ3) is 3.84. The van der Waals surface area contributed by atoms with Crippen molar-refractivity contribution in [2.45, 2.75) is 11.9 Å². The minimum atomic E-state index is -0.752. The number of carbonyl (C=O) groups is 2. The summed E-state index contributed by atoms with van der Waals surface area (Å²) in [5.41, 5.74) is 1.49. The van der Waals surface area contributed by atoms with E-state index in [1.807, 2.05) is 13.0 Å². The maximum atomic E-state index is 12.9. The number of nitrogens with one attached hydrogen (secondary N) is 2. The third-order valence-corrected chi connectivity index (χ3v) is 5.52. The van der Waals surface area contributed by atoms with Crippen LogP contribution in [0.2, 0.25) is 0 Å². The Labute approximate surface area is 175 Å². The molecule has 1 aliphatic heterocycles. The number of ether oxygens (including phenoxy) is 3. The van der Waals surface area contributed by atoms with Crippen LogP contribution in [-0.2, 0) is 9.53 Å². The van der Waals surface area contributed by atoms with Gasteiger partial charge in [-0.1, -0.05) is 23.4 Å². The minimum absolute atomic E-state index is 0.0221. The fourth-order valence-corrected chi connectivity index (χ4v) is 3.93. The fraction of sp³-hybridized carbons (Fsp3) is 0.190. The molecule has 0 bridgehead atoms. The number of anilines is 1. The summed E-state index contributed by atoms with van der Waals surface area (Å²) in [5, 5.41) is 3.43. The molecule has 0 fully saturated rings. The predicted molar refractivity (Wildman–Crippen MR) is 113 cm³/mol. The van der Waals surface area contributed by atoms with Crippen molar-refractivity contribution in [3.05, 3.63) is 57.7 Å². The molecule has 0 aliphatic carbocycles. The molecule has 2 heterocycles. The lowest BCUT2D eigenvalue weighted by Gasteiger charge is -2.10. The number of aromatic amines is 1. The summed E-state index contributed by atoms with van der Waals surface area (Å²) >= 11 is 1.05. The molecule has 0 saturated heterocycles. The van der Waals surface area contributed by atoms with E-state index in [1.165, 1.54) is 7.11 Å². The lowest BCUT2D eigenvalue weighted by molar-refractivity contribution is -0.113. The number of rotatable bonds is 5. The van der Waals surface area contributed by atoms with Gasteiger partial charge in [0.25, 0.3) is 0 Å². The van der Waals surface area contributed by atoms with Gasteiger partial charge in [0, 0.05) is 17.1 Å². The number of methoxy groups -OCH3 is 1. The van der Waals surface area contributed by atoms with Gasteiger partial charge in [-0.3, -0.25) is 9.59 Å². The summed E-state index contributed by atoms with van der Waals surface area (Å²) < 4.78 is 15.3. The van der Waals surface area contributed by atoms with Crippen molar-refractivity contribution >= 4 is 40.2 Å². The molecule has 1 aliphatic rings. The number of aromatic nitrogens is 1. The van der Waals surface area contributed by atoms with Crippen LogP contribution in [0.1, 0.15) is 15.9 Å². The van der Waals surface area contributed by atoms with E-state index in [1.54, 1.807) is 30.3 Å². The number of hydrogen-bond acceptors (Lipinski definition) is 7. The van der Waals surface area contributed by atoms with Crippen LogP contribution >= 0.6 is 11.8 Å². The van der Waals surface area contributed by atoms with Gasteiger partial charge >= 0.3 is 5.97 Å². The topological polar surface area (TPSA) is 107 Å². The molecule has 1 aromatic heterocycles. The van der Waals surface area contributed by atoms with Gasteiger partial charge in [0.05, 0.1) is 23.4 Å². The molecule has 2 aromatic carbocycles. The Morgan fingerprint density at radius 2 is 1.97 bits per heavy atom. The standard InChI is InChI=1S/C21H18N2O6S/c1-11-3-5-14-13(7-11)19(25)18(21(26)27-2)20(23-14)30-9-17(24)22-12-4-6-15-16(8-12)29-10-28-15/h3-8H,9-10H2,1-2H3,(H,22,24)(H,23,25). The fourth-order valence-electron chi connectivity index (χ4n) is 3.08. The quantitative estimate of drug-likeness (QED) is 0.477. The molecule has 1 amide bonds. The number of thioether (sulfide) groups is 1. The highest BCUT2D eigenvalue weighted by Gasteiger charge is 2.21. The summed E-state index contributed by atoms with van der Waals surface area (Å²) in [6.07, 6.45) is 0. The van der Waals surface area contributed by atoms with Crippen molar-refractivity contribution in [3.8, 4) is 11.5 Å². The summed E-state index contributed by atoms with van der Waals surface area (Å²) in [5.74, 6) is 0.0978. The van der Waals surface area contributed by atoms with Gasteiger partial charge < -0.3 is 24.5 Å². The number of H-pyrrole nitrogens is 1. The van der Waals surface area contributed by atoms with E-state index in [9.17, 15) is 14.4 Å². The summed E-state index contributed by atoms with van der Waals surface area (Å²) in [6, 6.07) is 10.4. The Bertz CT molecular complexity index is 1220. The van der Waals surface area contributed by atoms with Gasteiger partial charge in [0.15, 0.2) is 11.5 Å². The van der Waals surface area contributed by atoms with Crippen molar-refractivity contribution in [2.75, 3.05) is 25.0 Å². The molecule has 3 aromatic rings. The van der Waals surface area contributed by atoms with Crippen molar-refractivity contribution in [3.63, 3.8) is 0 Å². The molecular weight excluding hydrogens is 408 g/mol. The number of pyridine rings is 1. The van der Waals surface area contributed by atoms with E-state index in [4.69, 9.17) is 14.2 Å². The zero-order valence-corrected chi connectivity index (χ0v) is 17.1. The summed E-state index contributed by atoms with van der Waals surface area (Å²) in [7, 11) is 1.21. The number of benzene rings is 2. The first-order valence-electron chi connectivity index (χ1n) is 9.03. The van der Waals surface area contributed by atoms with Gasteiger partial charge in [-0.25, -0.2) is 4.79 Å². The van der Waals surface area contributed by atoms with Crippen molar-refractivity contribution < 1.29 is 23.8 Å². The molecule has 2 N–H and O–H groups in total. The molecule has 4 rings (SSSR count). The van der Waals surface area contributed by atoms with Crippen LogP contribution in [0.5, 0.6) is 11.5 Å². The van der Waals surface area contributed by atoms with Crippen molar-refractivity contribution in [2.24, 2.45) is 0 Å². The Kier molecular flexibility index (Phi) is 5.37. The maximum absolute atomic E-state index is 12.9. The molecule has 9 heteroatoms. The third-order valence-electron chi connectivity index (χ3n) is 4.52. The van der Waals surface area contributed by atoms with E-state index in [0.29, 0.717) is 28.1 Å². The zero-order chi connectivity index (χ0) is 21.3. The molecule has 154 valence electrons. The largest absolute Gasteiger partial charge is 0.465 e. The SMILES string of the molecule is COC(=O)c1c(SCC(=O)Nc2ccc3c(c2)OCO3)[nH]c2ccc(C)cc2c1=O. The molecule has 0 atom stereocenters. The van der Waals surface area contributed by atoms with Crippen LogP contribution in [0.15, 0.2) is 46.2 Å². The van der Waals surface area contributed by atoms with Gasteiger partial charge in [-0.2, -0.15) is 0 Å². The highest BCUT2D eigenvalue weighted by molar-refractivity contribution is 8.00.